The molecule has 0 saturated heterocycles. The molecular weight excluding hydrogens is 238 g/mol. The number of hydrogen-bond acceptors (Lipinski definition) is 3. The first-order valence-corrected chi connectivity index (χ1v) is 2.78. The van der Waals surface area contributed by atoms with Gasteiger partial charge in [0.05, 0.1) is 0 Å². The SMILES string of the molecule is CC(=O)O.CC(=O)O.CC(=O)O.[GaH3]. The summed E-state index contributed by atoms with van der Waals surface area (Å²) >= 11 is 0. The first-order chi connectivity index (χ1) is 5.20. The summed E-state index contributed by atoms with van der Waals surface area (Å²) in [6.45, 7) is 3.25. The normalized spacial score (nSPS) is 5.77. The molecule has 0 fully saturated rings. The van der Waals surface area contributed by atoms with Gasteiger partial charge in [0.25, 0.3) is 17.9 Å². The van der Waals surface area contributed by atoms with Gasteiger partial charge >= 0.3 is 19.8 Å². The Hall–Kier alpha value is -0.954. The summed E-state index contributed by atoms with van der Waals surface area (Å²) in [4.78, 5) is 27.0. The van der Waals surface area contributed by atoms with Gasteiger partial charge in [-0.3, -0.25) is 14.4 Å². The van der Waals surface area contributed by atoms with E-state index in [1.807, 2.05) is 0 Å². The summed E-state index contributed by atoms with van der Waals surface area (Å²) in [5.41, 5.74) is 0. The van der Waals surface area contributed by atoms with E-state index >= 15 is 0 Å². The Morgan fingerprint density at radius 1 is 0.692 bits per heavy atom. The Kier molecular flexibility index (Phi) is 30.1. The van der Waals surface area contributed by atoms with Crippen LogP contribution in [-0.2, 0) is 14.4 Å². The van der Waals surface area contributed by atoms with Gasteiger partial charge < -0.3 is 15.3 Å². The Morgan fingerprint density at radius 3 is 0.692 bits per heavy atom. The number of carboxylic acid groups (broad SMARTS) is 3. The van der Waals surface area contributed by atoms with Crippen LogP contribution in [0.4, 0.5) is 0 Å². The molecule has 0 amide bonds. The Morgan fingerprint density at radius 2 is 0.692 bits per heavy atom. The van der Waals surface area contributed by atoms with Crippen LogP contribution in [0.5, 0.6) is 0 Å². The van der Waals surface area contributed by atoms with Gasteiger partial charge in [0, 0.05) is 20.8 Å². The van der Waals surface area contributed by atoms with Crippen molar-refractivity contribution >= 4 is 37.7 Å². The van der Waals surface area contributed by atoms with Crippen LogP contribution in [0.25, 0.3) is 0 Å². The molecule has 0 aromatic heterocycles. The third-order valence-corrected chi connectivity index (χ3v) is 0. The van der Waals surface area contributed by atoms with Gasteiger partial charge in [-0.1, -0.05) is 0 Å². The van der Waals surface area contributed by atoms with Crippen LogP contribution in [0.2, 0.25) is 0 Å². The first-order valence-electron chi connectivity index (χ1n) is 2.78. The maximum absolute atomic E-state index is 9.00. The zero-order valence-electron chi connectivity index (χ0n) is 7.07. The standard InChI is InChI=1S/3C2H4O2.Ga.3H/c3*1-2(3)4;;;;/h3*1H3,(H,3,4);;;;. The van der Waals surface area contributed by atoms with Gasteiger partial charge in [-0.2, -0.15) is 0 Å². The summed E-state index contributed by atoms with van der Waals surface area (Å²) in [6.07, 6.45) is 0. The van der Waals surface area contributed by atoms with Crippen molar-refractivity contribution in [2.75, 3.05) is 0 Å². The zero-order chi connectivity index (χ0) is 10.7. The van der Waals surface area contributed by atoms with E-state index in [2.05, 4.69) is 0 Å². The summed E-state index contributed by atoms with van der Waals surface area (Å²) in [6, 6.07) is 0. The van der Waals surface area contributed by atoms with E-state index in [-0.39, 0.29) is 19.8 Å². The molecule has 0 aromatic rings. The molecule has 7 heteroatoms. The van der Waals surface area contributed by atoms with Crippen LogP contribution in [0, 0.1) is 0 Å². The molecule has 0 heterocycles. The molecule has 0 aliphatic carbocycles. The Balaban J connectivity index is -0.0000000450. The molecule has 0 rings (SSSR count). The topological polar surface area (TPSA) is 112 Å². The van der Waals surface area contributed by atoms with Crippen molar-refractivity contribution < 1.29 is 29.7 Å². The van der Waals surface area contributed by atoms with Crippen molar-refractivity contribution in [2.45, 2.75) is 20.8 Å². The number of rotatable bonds is 0. The third-order valence-electron chi connectivity index (χ3n) is 0. The second-order valence-electron chi connectivity index (χ2n) is 1.56. The average molecular weight is 253 g/mol. The van der Waals surface area contributed by atoms with Crippen molar-refractivity contribution in [1.82, 2.24) is 0 Å². The van der Waals surface area contributed by atoms with Crippen LogP contribution < -0.4 is 0 Å². The molecule has 0 bridgehead atoms. The second kappa shape index (κ2) is 17.2. The van der Waals surface area contributed by atoms with Gasteiger partial charge in [-0.05, 0) is 0 Å². The number of carboxylic acids is 3. The quantitative estimate of drug-likeness (QED) is 0.481. The molecule has 0 aliphatic rings. The van der Waals surface area contributed by atoms with E-state index in [9.17, 15) is 0 Å². The van der Waals surface area contributed by atoms with E-state index in [0.29, 0.717) is 0 Å². The summed E-state index contributed by atoms with van der Waals surface area (Å²) < 4.78 is 0. The summed E-state index contributed by atoms with van der Waals surface area (Å²) in [7, 11) is 0. The van der Waals surface area contributed by atoms with Crippen molar-refractivity contribution in [3.63, 3.8) is 0 Å². The fourth-order valence-corrected chi connectivity index (χ4v) is 0. The molecule has 13 heavy (non-hydrogen) atoms. The molecule has 0 aliphatic heterocycles. The third kappa shape index (κ3) is 994. The predicted octanol–water partition coefficient (Wildman–Crippen LogP) is -0.911. The van der Waals surface area contributed by atoms with E-state index in [1.165, 1.54) is 0 Å². The molecule has 0 atom stereocenters. The molecule has 78 valence electrons. The summed E-state index contributed by atoms with van der Waals surface area (Å²) in [5, 5.41) is 22.2. The van der Waals surface area contributed by atoms with Crippen molar-refractivity contribution in [3.8, 4) is 0 Å². The van der Waals surface area contributed by atoms with Crippen LogP contribution >= 0.6 is 0 Å². The molecule has 0 saturated carbocycles. The fraction of sp³-hybridized carbons (Fsp3) is 0.500. The van der Waals surface area contributed by atoms with Crippen LogP contribution in [0.1, 0.15) is 20.8 Å². The number of aliphatic carboxylic acids is 3. The van der Waals surface area contributed by atoms with Crippen LogP contribution in [0.15, 0.2) is 0 Å². The van der Waals surface area contributed by atoms with Gasteiger partial charge in [0.1, 0.15) is 0 Å². The van der Waals surface area contributed by atoms with Crippen LogP contribution in [-0.4, -0.2) is 53.0 Å². The van der Waals surface area contributed by atoms with E-state index in [0.717, 1.165) is 20.8 Å². The summed E-state index contributed by atoms with van der Waals surface area (Å²) in [5.74, 6) is -2.50. The van der Waals surface area contributed by atoms with Gasteiger partial charge in [-0.15, -0.1) is 0 Å². The number of carbonyl (C=O) groups is 3. The molecule has 6 nitrogen and oxygen atoms in total. The van der Waals surface area contributed by atoms with Crippen molar-refractivity contribution in [3.05, 3.63) is 0 Å². The van der Waals surface area contributed by atoms with Gasteiger partial charge in [0.2, 0.25) is 0 Å². The molecule has 0 spiro atoms. The predicted molar refractivity (Wildman–Crippen MR) is 49.9 cm³/mol. The number of hydrogen-bond donors (Lipinski definition) is 3. The van der Waals surface area contributed by atoms with E-state index in [1.54, 1.807) is 0 Å². The molecule has 0 aromatic carbocycles. The first kappa shape index (κ1) is 22.7. The monoisotopic (exact) mass is 252 g/mol. The van der Waals surface area contributed by atoms with Crippen molar-refractivity contribution in [2.24, 2.45) is 0 Å². The molecule has 3 N–H and O–H groups in total. The zero-order valence-corrected chi connectivity index (χ0v) is 7.07. The van der Waals surface area contributed by atoms with Crippen molar-refractivity contribution in [1.29, 1.82) is 0 Å². The van der Waals surface area contributed by atoms with Gasteiger partial charge in [0.15, 0.2) is 0 Å². The van der Waals surface area contributed by atoms with Crippen LogP contribution in [0.3, 0.4) is 0 Å². The molecule has 0 unspecified atom stereocenters. The second-order valence-corrected chi connectivity index (χ2v) is 1.56. The van der Waals surface area contributed by atoms with Gasteiger partial charge in [-0.25, -0.2) is 0 Å². The van der Waals surface area contributed by atoms with E-state index < -0.39 is 17.9 Å². The molecular formula is C6H15GaO6. The molecule has 0 radical (unpaired) electrons. The maximum atomic E-state index is 9.00. The fourth-order valence-electron chi connectivity index (χ4n) is 0. The Labute approximate surface area is 88.6 Å². The van der Waals surface area contributed by atoms with E-state index in [4.69, 9.17) is 29.7 Å². The average Bonchev–Trinajstić information content (AvgIpc) is 1.54. The minimum atomic E-state index is -0.833. The Bertz CT molecular complexity index is 115. The minimum absolute atomic E-state index is 0.